The van der Waals surface area contributed by atoms with Gasteiger partial charge in [0.1, 0.15) is 23.5 Å². The summed E-state index contributed by atoms with van der Waals surface area (Å²) in [6.45, 7) is 2.35. The Balaban J connectivity index is 1.80. The molecule has 23 heavy (non-hydrogen) atoms. The first-order valence-electron chi connectivity index (χ1n) is 7.46. The van der Waals surface area contributed by atoms with E-state index in [1.807, 2.05) is 30.3 Å². The number of rotatable bonds is 3. The number of carbonyl (C=O) groups excluding carboxylic acids is 1. The van der Waals surface area contributed by atoms with Crippen LogP contribution in [0.15, 0.2) is 42.5 Å². The number of benzene rings is 2. The second-order valence-electron chi connectivity index (χ2n) is 5.51. The molecule has 1 unspecified atom stereocenters. The van der Waals surface area contributed by atoms with E-state index in [1.54, 1.807) is 17.9 Å². The molecule has 0 saturated heterocycles. The van der Waals surface area contributed by atoms with E-state index in [0.29, 0.717) is 12.2 Å². The van der Waals surface area contributed by atoms with Crippen molar-refractivity contribution < 1.29 is 9.18 Å². The van der Waals surface area contributed by atoms with Crippen LogP contribution in [0.5, 0.6) is 0 Å². The Bertz CT molecular complexity index is 797. The lowest BCUT2D eigenvalue weighted by atomic mass is 10.1. The average molecular weight is 309 g/mol. The largest absolute Gasteiger partial charge is 0.373 e. The third kappa shape index (κ3) is 2.76. The molecule has 0 fully saturated rings. The summed E-state index contributed by atoms with van der Waals surface area (Å²) in [4.78, 5) is 14.4. The lowest BCUT2D eigenvalue weighted by Gasteiger charge is -2.23. The average Bonchev–Trinajstić information content (AvgIpc) is 2.98. The molecule has 1 heterocycles. The number of halogens is 1. The van der Waals surface area contributed by atoms with Crippen molar-refractivity contribution in [2.24, 2.45) is 0 Å². The molecule has 116 valence electrons. The highest BCUT2D eigenvalue weighted by atomic mass is 19.1. The van der Waals surface area contributed by atoms with Gasteiger partial charge in [0.2, 0.25) is 5.91 Å². The Morgan fingerprint density at radius 1 is 1.30 bits per heavy atom. The number of para-hydroxylation sites is 1. The van der Waals surface area contributed by atoms with Gasteiger partial charge >= 0.3 is 0 Å². The summed E-state index contributed by atoms with van der Waals surface area (Å²) in [6.07, 6.45) is 0.831. The van der Waals surface area contributed by atoms with Gasteiger partial charge < -0.3 is 10.2 Å². The van der Waals surface area contributed by atoms with Crippen LogP contribution >= 0.6 is 0 Å². The van der Waals surface area contributed by atoms with Gasteiger partial charge in [0.25, 0.3) is 0 Å². The summed E-state index contributed by atoms with van der Waals surface area (Å²) in [5.74, 6) is -0.688. The van der Waals surface area contributed by atoms with E-state index in [2.05, 4.69) is 5.32 Å². The summed E-state index contributed by atoms with van der Waals surface area (Å²) in [5.41, 5.74) is 2.33. The van der Waals surface area contributed by atoms with Crippen LogP contribution in [0.3, 0.4) is 0 Å². The van der Waals surface area contributed by atoms with Crippen molar-refractivity contribution in [1.82, 2.24) is 0 Å². The summed E-state index contributed by atoms with van der Waals surface area (Å²) < 4.78 is 13.6. The highest BCUT2D eigenvalue weighted by Crippen LogP contribution is 2.28. The molecular weight excluding hydrogens is 293 g/mol. The van der Waals surface area contributed by atoms with Gasteiger partial charge in [-0.3, -0.25) is 4.79 Å². The predicted octanol–water partition coefficient (Wildman–Crippen LogP) is 3.09. The number of carbonyl (C=O) groups is 1. The fraction of sp³-hybridized carbons (Fsp3) is 0.222. The van der Waals surface area contributed by atoms with Crippen LogP contribution in [0.1, 0.15) is 18.1 Å². The van der Waals surface area contributed by atoms with E-state index >= 15 is 0 Å². The zero-order valence-corrected chi connectivity index (χ0v) is 12.7. The van der Waals surface area contributed by atoms with Crippen LogP contribution in [-0.4, -0.2) is 18.5 Å². The lowest BCUT2D eigenvalue weighted by Crippen LogP contribution is -2.40. The van der Waals surface area contributed by atoms with Crippen molar-refractivity contribution in [3.8, 4) is 6.07 Å². The summed E-state index contributed by atoms with van der Waals surface area (Å²) in [6, 6.07) is 13.4. The van der Waals surface area contributed by atoms with Crippen LogP contribution in [0.25, 0.3) is 0 Å². The second-order valence-corrected chi connectivity index (χ2v) is 5.51. The maximum atomic E-state index is 13.6. The normalized spacial score (nSPS) is 14.0. The molecule has 0 saturated carbocycles. The monoisotopic (exact) mass is 309 g/mol. The number of hydrogen-bond acceptors (Lipinski definition) is 3. The fourth-order valence-corrected chi connectivity index (χ4v) is 2.85. The Morgan fingerprint density at radius 3 is 2.87 bits per heavy atom. The number of nitriles is 1. The molecule has 5 heteroatoms. The van der Waals surface area contributed by atoms with E-state index in [9.17, 15) is 9.18 Å². The first-order chi connectivity index (χ1) is 11.1. The molecule has 3 rings (SSSR count). The number of amides is 1. The summed E-state index contributed by atoms with van der Waals surface area (Å²) in [7, 11) is 0. The molecule has 1 amide bonds. The van der Waals surface area contributed by atoms with Crippen molar-refractivity contribution in [2.75, 3.05) is 16.8 Å². The predicted molar refractivity (Wildman–Crippen MR) is 86.7 cm³/mol. The van der Waals surface area contributed by atoms with Gasteiger partial charge in [0, 0.05) is 12.2 Å². The zero-order valence-electron chi connectivity index (χ0n) is 12.7. The molecule has 1 aliphatic rings. The van der Waals surface area contributed by atoms with E-state index in [1.165, 1.54) is 12.1 Å². The Kier molecular flexibility index (Phi) is 3.98. The highest BCUT2D eigenvalue weighted by Gasteiger charge is 2.28. The van der Waals surface area contributed by atoms with Gasteiger partial charge in [-0.1, -0.05) is 24.3 Å². The zero-order chi connectivity index (χ0) is 16.4. The standard InChI is InChI=1S/C18H16FN3O/c1-12(21-16-7-4-6-15(19)14(16)11-20)18(23)22-10-9-13-5-2-3-8-17(13)22/h2-8,12,21H,9-10H2,1H3. The third-order valence-electron chi connectivity index (χ3n) is 4.02. The quantitative estimate of drug-likeness (QED) is 0.948. The molecule has 1 N–H and O–H groups in total. The number of nitrogens with zero attached hydrogens (tertiary/aromatic N) is 2. The molecule has 0 bridgehead atoms. The minimum Gasteiger partial charge on any atom is -0.373 e. The maximum absolute atomic E-state index is 13.6. The molecule has 0 aromatic heterocycles. The summed E-state index contributed by atoms with van der Waals surface area (Å²) in [5, 5.41) is 12.0. The van der Waals surface area contributed by atoms with Gasteiger partial charge in [-0.05, 0) is 37.1 Å². The second kappa shape index (κ2) is 6.09. The highest BCUT2D eigenvalue weighted by molar-refractivity contribution is 6.00. The van der Waals surface area contributed by atoms with Crippen molar-refractivity contribution in [3.05, 3.63) is 59.4 Å². The molecule has 0 radical (unpaired) electrons. The Labute approximate surface area is 134 Å². The van der Waals surface area contributed by atoms with Crippen LogP contribution in [0.2, 0.25) is 0 Å². The minimum absolute atomic E-state index is 0.0750. The van der Waals surface area contributed by atoms with Crippen LogP contribution in [0, 0.1) is 17.1 Å². The number of nitrogens with one attached hydrogen (secondary N) is 1. The number of hydrogen-bond donors (Lipinski definition) is 1. The van der Waals surface area contributed by atoms with Gasteiger partial charge in [0.15, 0.2) is 0 Å². The van der Waals surface area contributed by atoms with Gasteiger partial charge in [0.05, 0.1) is 5.69 Å². The van der Waals surface area contributed by atoms with E-state index in [-0.39, 0.29) is 11.5 Å². The van der Waals surface area contributed by atoms with Gasteiger partial charge in [-0.25, -0.2) is 4.39 Å². The van der Waals surface area contributed by atoms with Crippen LogP contribution in [0.4, 0.5) is 15.8 Å². The summed E-state index contributed by atoms with van der Waals surface area (Å²) >= 11 is 0. The molecule has 1 aliphatic heterocycles. The minimum atomic E-state index is -0.594. The molecule has 1 atom stereocenters. The van der Waals surface area contributed by atoms with Crippen molar-refractivity contribution in [3.63, 3.8) is 0 Å². The molecule has 0 spiro atoms. The third-order valence-corrected chi connectivity index (χ3v) is 4.02. The molecule has 2 aromatic rings. The molecule has 2 aromatic carbocycles. The Morgan fingerprint density at radius 2 is 2.09 bits per heavy atom. The van der Waals surface area contributed by atoms with Crippen LogP contribution in [-0.2, 0) is 11.2 Å². The first-order valence-corrected chi connectivity index (χ1v) is 7.46. The van der Waals surface area contributed by atoms with E-state index in [4.69, 9.17) is 5.26 Å². The van der Waals surface area contributed by atoms with E-state index < -0.39 is 11.9 Å². The number of fused-ring (bicyclic) bond motifs is 1. The maximum Gasteiger partial charge on any atom is 0.249 e. The van der Waals surface area contributed by atoms with Crippen molar-refractivity contribution in [1.29, 1.82) is 5.26 Å². The number of anilines is 2. The van der Waals surface area contributed by atoms with E-state index in [0.717, 1.165) is 17.7 Å². The molecule has 0 aliphatic carbocycles. The van der Waals surface area contributed by atoms with Gasteiger partial charge in [-0.2, -0.15) is 5.26 Å². The van der Waals surface area contributed by atoms with Gasteiger partial charge in [-0.15, -0.1) is 0 Å². The Hall–Kier alpha value is -2.87. The molecular formula is C18H16FN3O. The fourth-order valence-electron chi connectivity index (χ4n) is 2.85. The van der Waals surface area contributed by atoms with Crippen molar-refractivity contribution in [2.45, 2.75) is 19.4 Å². The van der Waals surface area contributed by atoms with Crippen molar-refractivity contribution >= 4 is 17.3 Å². The SMILES string of the molecule is CC(Nc1cccc(F)c1C#N)C(=O)N1CCc2ccccc21. The van der Waals surface area contributed by atoms with Crippen LogP contribution < -0.4 is 10.2 Å². The topological polar surface area (TPSA) is 56.1 Å². The smallest absolute Gasteiger partial charge is 0.249 e. The lowest BCUT2D eigenvalue weighted by molar-refractivity contribution is -0.118. The molecule has 4 nitrogen and oxygen atoms in total. The first kappa shape index (κ1) is 15.0.